The number of ether oxygens (including phenoxy) is 1. The van der Waals surface area contributed by atoms with Gasteiger partial charge in [0.2, 0.25) is 20.2 Å². The Morgan fingerprint density at radius 1 is 1.00 bits per heavy atom. The van der Waals surface area contributed by atoms with Crippen molar-refractivity contribution < 1.29 is 28.3 Å². The molecule has 0 radical (unpaired) electrons. The van der Waals surface area contributed by atoms with Crippen LogP contribution in [0.5, 0.6) is 0 Å². The van der Waals surface area contributed by atoms with E-state index in [1.807, 2.05) is 49.4 Å². The van der Waals surface area contributed by atoms with E-state index in [1.54, 1.807) is 27.8 Å². The molecule has 0 aliphatic carbocycles. The summed E-state index contributed by atoms with van der Waals surface area (Å²) >= 11 is 0. The fourth-order valence-corrected chi connectivity index (χ4v) is 9.44. The van der Waals surface area contributed by atoms with Gasteiger partial charge in [0.1, 0.15) is 0 Å². The zero-order chi connectivity index (χ0) is 27.7. The number of halogens is 1. The summed E-state index contributed by atoms with van der Waals surface area (Å²) in [6.45, 7) is 6.61. The molecule has 0 unspecified atom stereocenters. The van der Waals surface area contributed by atoms with E-state index in [-0.39, 0.29) is 37.3 Å². The largest absolute Gasteiger partial charge is 0.396 e. The van der Waals surface area contributed by atoms with Gasteiger partial charge in [0.15, 0.2) is 5.60 Å². The number of rotatable bonds is 7. The molecule has 39 heavy (non-hydrogen) atoms. The zero-order valence-electron chi connectivity index (χ0n) is 22.5. The first-order valence-electron chi connectivity index (χ1n) is 13.7. The first-order valence-corrected chi connectivity index (χ1v) is 16.7. The third kappa shape index (κ3) is 3.95. The van der Waals surface area contributed by atoms with Crippen LogP contribution in [0.25, 0.3) is 0 Å². The van der Waals surface area contributed by atoms with Crippen LogP contribution in [0.4, 0.5) is 21.2 Å². The van der Waals surface area contributed by atoms with Crippen LogP contribution < -0.4 is 14.7 Å². The number of hydrogen-bond donors (Lipinski definition) is 1. The van der Waals surface area contributed by atoms with Crippen molar-refractivity contribution in [2.75, 3.05) is 34.4 Å². The molecule has 3 fully saturated rings. The highest BCUT2D eigenvalue weighted by molar-refractivity contribution is 6.72. The third-order valence-corrected chi connectivity index (χ3v) is 11.4. The highest BCUT2D eigenvalue weighted by Gasteiger charge is 2.66. The number of amides is 3. The van der Waals surface area contributed by atoms with Crippen LogP contribution >= 0.6 is 0 Å². The van der Waals surface area contributed by atoms with E-state index in [4.69, 9.17) is 4.74 Å². The molecule has 2 aromatic carbocycles. The van der Waals surface area contributed by atoms with Crippen molar-refractivity contribution in [2.24, 2.45) is 5.92 Å². The van der Waals surface area contributed by atoms with Crippen LogP contribution in [0, 0.1) is 5.92 Å². The molecule has 1 spiro atoms. The number of anilines is 3. The lowest BCUT2D eigenvalue weighted by Crippen LogP contribution is -2.45. The molecule has 206 valence electrons. The molecule has 1 N–H and O–H groups in total. The summed E-state index contributed by atoms with van der Waals surface area (Å²) < 4.78 is 22.4. The van der Waals surface area contributed by atoms with Gasteiger partial charge in [-0.05, 0) is 55.4 Å². The molecule has 4 heterocycles. The first-order chi connectivity index (χ1) is 18.6. The molecule has 6 rings (SSSR count). The van der Waals surface area contributed by atoms with E-state index in [1.165, 1.54) is 0 Å². The van der Waals surface area contributed by atoms with Gasteiger partial charge in [0.05, 0.1) is 18.3 Å². The lowest BCUT2D eigenvalue weighted by atomic mass is 9.82. The van der Waals surface area contributed by atoms with Crippen LogP contribution in [0.15, 0.2) is 42.5 Å². The van der Waals surface area contributed by atoms with Gasteiger partial charge in [-0.2, -0.15) is 0 Å². The zero-order valence-corrected chi connectivity index (χ0v) is 23.5. The van der Waals surface area contributed by atoms with E-state index in [0.717, 1.165) is 11.3 Å². The number of fused-ring (bicyclic) bond motifs is 2. The van der Waals surface area contributed by atoms with Crippen LogP contribution in [-0.4, -0.2) is 57.0 Å². The number of hydrogen-bond acceptors (Lipinski definition) is 5. The standard InChI is InChI=1S/C29H34FN3O5Si/c1-18-27(39(2,3)30)24(12-15-34)38-29(18)22-16-21(32-14-11-26(32)36)8-9-23(22)33(28(29)37)17-19-4-6-20(7-5-19)31-13-10-25(31)35/h4-9,16,18,24,27,34H,10-15,17H2,1-3H3/t18-,24+,27-,29+/m0/s1. The average molecular weight is 552 g/mol. The Balaban J connectivity index is 1.40. The molecule has 3 saturated heterocycles. The lowest BCUT2D eigenvalue weighted by Gasteiger charge is -2.33. The monoisotopic (exact) mass is 551 g/mol. The molecule has 4 aliphatic heterocycles. The SMILES string of the molecule is C[C@H]1[C@H]([Si](C)(C)F)[C@@H](CCO)O[C@]12C(=O)N(Cc1ccc(N3CCC3=O)cc1)c1ccc(N3CCC3=O)cc12. The topological polar surface area (TPSA) is 90.4 Å². The van der Waals surface area contributed by atoms with Crippen molar-refractivity contribution in [3.05, 3.63) is 53.6 Å². The van der Waals surface area contributed by atoms with Crippen LogP contribution in [0.3, 0.4) is 0 Å². The summed E-state index contributed by atoms with van der Waals surface area (Å²) in [6, 6.07) is 13.2. The van der Waals surface area contributed by atoms with Gasteiger partial charge in [-0.1, -0.05) is 19.1 Å². The maximum absolute atomic E-state index is 15.8. The number of aliphatic hydroxyl groups is 1. The quantitative estimate of drug-likeness (QED) is 0.321. The maximum atomic E-state index is 15.8. The molecule has 8 nitrogen and oxygen atoms in total. The van der Waals surface area contributed by atoms with Gasteiger partial charge < -0.3 is 28.7 Å². The number of benzene rings is 2. The maximum Gasteiger partial charge on any atom is 0.264 e. The van der Waals surface area contributed by atoms with E-state index in [0.29, 0.717) is 42.9 Å². The van der Waals surface area contributed by atoms with Gasteiger partial charge in [0.25, 0.3) is 5.91 Å². The van der Waals surface area contributed by atoms with Crippen LogP contribution in [0.1, 0.15) is 37.3 Å². The Morgan fingerprint density at radius 3 is 2.15 bits per heavy atom. The Kier molecular flexibility index (Phi) is 6.20. The van der Waals surface area contributed by atoms with Crippen LogP contribution in [0.2, 0.25) is 18.6 Å². The van der Waals surface area contributed by atoms with Gasteiger partial charge in [0, 0.05) is 60.9 Å². The summed E-state index contributed by atoms with van der Waals surface area (Å²) in [5.41, 5.74) is 1.89. The molecular weight excluding hydrogens is 517 g/mol. The van der Waals surface area contributed by atoms with Crippen molar-refractivity contribution in [3.63, 3.8) is 0 Å². The average Bonchev–Trinajstić information content (AvgIpc) is 3.30. The second-order valence-electron chi connectivity index (χ2n) is 11.6. The highest BCUT2D eigenvalue weighted by Crippen LogP contribution is 2.60. The van der Waals surface area contributed by atoms with E-state index < -0.39 is 31.6 Å². The van der Waals surface area contributed by atoms with Gasteiger partial charge in [-0.25, -0.2) is 0 Å². The lowest BCUT2D eigenvalue weighted by molar-refractivity contribution is -0.146. The summed E-state index contributed by atoms with van der Waals surface area (Å²) in [6.07, 6.45) is 0.710. The minimum atomic E-state index is -3.29. The summed E-state index contributed by atoms with van der Waals surface area (Å²) in [5, 5.41) is 9.77. The van der Waals surface area contributed by atoms with Gasteiger partial charge in [-0.3, -0.25) is 14.4 Å². The molecule has 4 aliphatic rings. The van der Waals surface area contributed by atoms with Crippen molar-refractivity contribution >= 4 is 43.2 Å². The number of carbonyl (C=O) groups is 3. The van der Waals surface area contributed by atoms with Crippen molar-refractivity contribution in [1.29, 1.82) is 0 Å². The van der Waals surface area contributed by atoms with Crippen molar-refractivity contribution in [2.45, 2.75) is 63.1 Å². The smallest absolute Gasteiger partial charge is 0.264 e. The van der Waals surface area contributed by atoms with Gasteiger partial charge >= 0.3 is 0 Å². The molecule has 4 atom stereocenters. The second-order valence-corrected chi connectivity index (χ2v) is 15.4. The second kappa shape index (κ2) is 9.24. The van der Waals surface area contributed by atoms with Crippen LogP contribution in [-0.2, 0) is 31.3 Å². The number of aliphatic hydroxyl groups excluding tert-OH is 1. The van der Waals surface area contributed by atoms with E-state index in [9.17, 15) is 19.5 Å². The fraction of sp³-hybridized carbons (Fsp3) is 0.483. The van der Waals surface area contributed by atoms with E-state index >= 15 is 4.11 Å². The predicted octanol–water partition coefficient (Wildman–Crippen LogP) is 3.86. The Bertz CT molecular complexity index is 1350. The summed E-state index contributed by atoms with van der Waals surface area (Å²) in [5.74, 6) is -0.579. The highest BCUT2D eigenvalue weighted by atomic mass is 28.4. The number of nitrogens with zero attached hydrogens (tertiary/aromatic N) is 3. The Hall–Kier alpha value is -3.08. The predicted molar refractivity (Wildman–Crippen MR) is 148 cm³/mol. The minimum absolute atomic E-state index is 0.0275. The molecular formula is C29H34FN3O5Si. The number of carbonyl (C=O) groups excluding carboxylic acids is 3. The van der Waals surface area contributed by atoms with Crippen molar-refractivity contribution in [1.82, 2.24) is 0 Å². The third-order valence-electron chi connectivity index (χ3n) is 8.96. The molecule has 3 amide bonds. The first kappa shape index (κ1) is 26.2. The summed E-state index contributed by atoms with van der Waals surface area (Å²) in [7, 11) is -3.29. The molecule has 0 aromatic heterocycles. The Morgan fingerprint density at radius 2 is 1.62 bits per heavy atom. The fourth-order valence-electron chi connectivity index (χ4n) is 6.90. The van der Waals surface area contributed by atoms with E-state index in [2.05, 4.69) is 0 Å². The molecule has 0 bridgehead atoms. The Labute approximate surface area is 228 Å². The molecule has 2 aromatic rings. The normalized spacial score (nSPS) is 28.3. The molecule has 0 saturated carbocycles. The minimum Gasteiger partial charge on any atom is -0.396 e. The summed E-state index contributed by atoms with van der Waals surface area (Å²) in [4.78, 5) is 43.6. The van der Waals surface area contributed by atoms with Crippen molar-refractivity contribution in [3.8, 4) is 0 Å². The molecule has 10 heteroatoms. The van der Waals surface area contributed by atoms with Gasteiger partial charge in [-0.15, -0.1) is 0 Å². The number of β-lactam (4-membered cyclic amide) rings is 2.